The fourth-order valence-electron chi connectivity index (χ4n) is 2.38. The van der Waals surface area contributed by atoms with Gasteiger partial charge in [0.1, 0.15) is 0 Å². The average Bonchev–Trinajstić information content (AvgIpc) is 2.49. The van der Waals surface area contributed by atoms with Gasteiger partial charge < -0.3 is 5.11 Å². The Morgan fingerprint density at radius 3 is 1.74 bits per heavy atom. The maximum absolute atomic E-state index is 9.77. The highest BCUT2D eigenvalue weighted by Crippen LogP contribution is 2.41. The van der Waals surface area contributed by atoms with Crippen LogP contribution in [-0.2, 0) is 0 Å². The third-order valence-electron chi connectivity index (χ3n) is 3.27. The minimum atomic E-state index is -0.470. The molecule has 0 saturated carbocycles. The normalized spacial score (nSPS) is 12.6. The summed E-state index contributed by atoms with van der Waals surface area (Å²) >= 11 is 0. The summed E-state index contributed by atoms with van der Waals surface area (Å²) in [5, 5.41) is 12.5. The molecule has 0 aliphatic carbocycles. The molecule has 0 saturated heterocycles. The van der Waals surface area contributed by atoms with E-state index in [1.165, 1.54) is 10.6 Å². The summed E-state index contributed by atoms with van der Waals surface area (Å²) in [4.78, 5) is 0. The first kappa shape index (κ1) is 14.2. The predicted molar refractivity (Wildman–Crippen MR) is 84.9 cm³/mol. The molecule has 0 radical (unpaired) electrons. The SMILES string of the molecule is CCC[C@@H](CO)P(c1ccccc1)c1ccccc1. The third kappa shape index (κ3) is 3.65. The smallest absolute Gasteiger partial charge is 0.0504 e. The molecule has 0 fully saturated rings. The standard InChI is InChI=1S/C17H21OP/c1-2-9-17(14-18)19(15-10-5-3-6-11-15)16-12-7-4-8-13-16/h3-8,10-13,17-18H,2,9,14H2,1H3/t17-/m0/s1. The summed E-state index contributed by atoms with van der Waals surface area (Å²) in [6.45, 7) is 2.45. The molecule has 0 aliphatic rings. The Morgan fingerprint density at radius 2 is 1.37 bits per heavy atom. The Kier molecular flexibility index (Phi) is 5.57. The van der Waals surface area contributed by atoms with Crippen LogP contribution in [0.2, 0.25) is 0 Å². The van der Waals surface area contributed by atoms with Gasteiger partial charge in [0.25, 0.3) is 0 Å². The van der Waals surface area contributed by atoms with E-state index in [2.05, 4.69) is 67.6 Å². The number of benzene rings is 2. The van der Waals surface area contributed by atoms with E-state index in [0.717, 1.165) is 12.8 Å². The van der Waals surface area contributed by atoms with Crippen molar-refractivity contribution in [3.63, 3.8) is 0 Å². The van der Waals surface area contributed by atoms with Crippen LogP contribution in [0.25, 0.3) is 0 Å². The van der Waals surface area contributed by atoms with Crippen molar-refractivity contribution < 1.29 is 5.11 Å². The van der Waals surface area contributed by atoms with Crippen molar-refractivity contribution in [1.29, 1.82) is 0 Å². The van der Waals surface area contributed by atoms with Crippen LogP contribution in [0.4, 0.5) is 0 Å². The van der Waals surface area contributed by atoms with E-state index >= 15 is 0 Å². The summed E-state index contributed by atoms with van der Waals surface area (Å²) in [6, 6.07) is 21.2. The number of hydrogen-bond donors (Lipinski definition) is 1. The molecule has 1 N–H and O–H groups in total. The minimum absolute atomic E-state index is 0.267. The van der Waals surface area contributed by atoms with E-state index < -0.39 is 7.92 Å². The fourth-order valence-corrected chi connectivity index (χ4v) is 5.19. The second kappa shape index (κ2) is 7.43. The number of aliphatic hydroxyl groups excluding tert-OH is 1. The highest BCUT2D eigenvalue weighted by Gasteiger charge is 2.22. The monoisotopic (exact) mass is 272 g/mol. The molecule has 2 heteroatoms. The lowest BCUT2D eigenvalue weighted by Gasteiger charge is -2.27. The Labute approximate surface area is 117 Å². The molecule has 2 aromatic rings. The minimum Gasteiger partial charge on any atom is -0.396 e. The Balaban J connectivity index is 2.38. The van der Waals surface area contributed by atoms with Gasteiger partial charge in [-0.3, -0.25) is 0 Å². The van der Waals surface area contributed by atoms with Crippen LogP contribution < -0.4 is 10.6 Å². The van der Waals surface area contributed by atoms with E-state index in [1.54, 1.807) is 0 Å². The van der Waals surface area contributed by atoms with Crippen LogP contribution in [0.5, 0.6) is 0 Å². The van der Waals surface area contributed by atoms with Gasteiger partial charge in [0.2, 0.25) is 0 Å². The maximum atomic E-state index is 9.77. The van der Waals surface area contributed by atoms with Crippen LogP contribution in [0.3, 0.4) is 0 Å². The molecule has 2 rings (SSSR count). The number of aliphatic hydroxyl groups is 1. The quantitative estimate of drug-likeness (QED) is 0.800. The van der Waals surface area contributed by atoms with Crippen molar-refractivity contribution in [3.8, 4) is 0 Å². The Hall–Kier alpha value is -1.17. The van der Waals surface area contributed by atoms with E-state index in [4.69, 9.17) is 0 Å². The van der Waals surface area contributed by atoms with Crippen LogP contribution >= 0.6 is 7.92 Å². The molecule has 0 amide bonds. The number of rotatable bonds is 6. The van der Waals surface area contributed by atoms with Gasteiger partial charge in [-0.15, -0.1) is 0 Å². The molecule has 0 unspecified atom stereocenters. The zero-order valence-electron chi connectivity index (χ0n) is 11.4. The molecule has 19 heavy (non-hydrogen) atoms. The van der Waals surface area contributed by atoms with Crippen molar-refractivity contribution >= 4 is 18.5 Å². The van der Waals surface area contributed by atoms with Crippen LogP contribution in [-0.4, -0.2) is 17.4 Å². The van der Waals surface area contributed by atoms with E-state index in [1.807, 2.05) is 0 Å². The summed E-state index contributed by atoms with van der Waals surface area (Å²) in [5.41, 5.74) is 0.352. The predicted octanol–water partition coefficient (Wildman–Crippen LogP) is 3.28. The van der Waals surface area contributed by atoms with Gasteiger partial charge in [0.15, 0.2) is 0 Å². The Morgan fingerprint density at radius 1 is 0.895 bits per heavy atom. The molecular weight excluding hydrogens is 251 g/mol. The van der Waals surface area contributed by atoms with Gasteiger partial charge in [0.05, 0.1) is 6.61 Å². The molecule has 1 nitrogen and oxygen atoms in total. The van der Waals surface area contributed by atoms with E-state index in [-0.39, 0.29) is 6.61 Å². The van der Waals surface area contributed by atoms with E-state index in [0.29, 0.717) is 5.66 Å². The lowest BCUT2D eigenvalue weighted by molar-refractivity contribution is 0.288. The van der Waals surface area contributed by atoms with Gasteiger partial charge in [-0.2, -0.15) is 0 Å². The van der Waals surface area contributed by atoms with Crippen molar-refractivity contribution in [2.24, 2.45) is 0 Å². The summed E-state index contributed by atoms with van der Waals surface area (Å²) in [5.74, 6) is 0. The zero-order valence-corrected chi connectivity index (χ0v) is 12.3. The lowest BCUT2D eigenvalue weighted by atomic mass is 10.2. The Bertz CT molecular complexity index is 430. The van der Waals surface area contributed by atoms with Crippen LogP contribution in [0.15, 0.2) is 60.7 Å². The maximum Gasteiger partial charge on any atom is 0.0504 e. The van der Waals surface area contributed by atoms with Crippen LogP contribution in [0, 0.1) is 0 Å². The van der Waals surface area contributed by atoms with Gasteiger partial charge in [-0.25, -0.2) is 0 Å². The molecule has 2 aromatic carbocycles. The highest BCUT2D eigenvalue weighted by atomic mass is 31.1. The average molecular weight is 272 g/mol. The van der Waals surface area contributed by atoms with Gasteiger partial charge in [-0.05, 0) is 25.0 Å². The van der Waals surface area contributed by atoms with Crippen molar-refractivity contribution in [2.75, 3.05) is 6.61 Å². The first-order valence-electron chi connectivity index (χ1n) is 6.87. The zero-order chi connectivity index (χ0) is 13.5. The second-order valence-electron chi connectivity index (χ2n) is 4.67. The lowest BCUT2D eigenvalue weighted by Crippen LogP contribution is -2.24. The first-order valence-corrected chi connectivity index (χ1v) is 8.28. The van der Waals surface area contributed by atoms with Crippen molar-refractivity contribution in [2.45, 2.75) is 25.4 Å². The molecular formula is C17H21OP. The van der Waals surface area contributed by atoms with Crippen LogP contribution in [0.1, 0.15) is 19.8 Å². The van der Waals surface area contributed by atoms with Crippen molar-refractivity contribution in [1.82, 2.24) is 0 Å². The molecule has 100 valence electrons. The fraction of sp³-hybridized carbons (Fsp3) is 0.294. The van der Waals surface area contributed by atoms with Gasteiger partial charge in [0, 0.05) is 5.66 Å². The topological polar surface area (TPSA) is 20.2 Å². The molecule has 0 aliphatic heterocycles. The van der Waals surface area contributed by atoms with Crippen molar-refractivity contribution in [3.05, 3.63) is 60.7 Å². The summed E-state index contributed by atoms with van der Waals surface area (Å²) in [7, 11) is -0.470. The highest BCUT2D eigenvalue weighted by molar-refractivity contribution is 7.73. The second-order valence-corrected chi connectivity index (χ2v) is 7.17. The van der Waals surface area contributed by atoms with E-state index in [9.17, 15) is 5.11 Å². The largest absolute Gasteiger partial charge is 0.396 e. The van der Waals surface area contributed by atoms with Gasteiger partial charge in [-0.1, -0.05) is 74.0 Å². The molecule has 0 aromatic heterocycles. The first-order chi connectivity index (χ1) is 9.36. The summed E-state index contributed by atoms with van der Waals surface area (Å²) in [6.07, 6.45) is 2.19. The third-order valence-corrected chi connectivity index (χ3v) is 6.13. The molecule has 0 bridgehead atoms. The summed E-state index contributed by atoms with van der Waals surface area (Å²) < 4.78 is 0. The molecule has 1 atom stereocenters. The molecule has 0 spiro atoms. The number of hydrogen-bond acceptors (Lipinski definition) is 1. The molecule has 0 heterocycles. The van der Waals surface area contributed by atoms with Gasteiger partial charge >= 0.3 is 0 Å².